The SMILES string of the molecule is COc1cccc(C[NH2+]CCC[NH+]2CCOCC2)c1OCc1ccccc1F. The highest BCUT2D eigenvalue weighted by atomic mass is 19.1. The number of methoxy groups -OCH3 is 1. The number of nitrogens with two attached hydrogens (primary N) is 1. The molecular formula is C22H31FN2O3+2. The Labute approximate surface area is 166 Å². The van der Waals surface area contributed by atoms with Gasteiger partial charge in [-0.15, -0.1) is 0 Å². The molecule has 28 heavy (non-hydrogen) atoms. The van der Waals surface area contributed by atoms with Gasteiger partial charge in [0.25, 0.3) is 0 Å². The number of para-hydroxylation sites is 1. The first kappa shape index (κ1) is 20.6. The van der Waals surface area contributed by atoms with Crippen LogP contribution in [0.3, 0.4) is 0 Å². The summed E-state index contributed by atoms with van der Waals surface area (Å²) in [5.41, 5.74) is 1.60. The average molecular weight is 390 g/mol. The van der Waals surface area contributed by atoms with Gasteiger partial charge < -0.3 is 24.4 Å². The van der Waals surface area contributed by atoms with E-state index < -0.39 is 0 Å². The second kappa shape index (κ2) is 11.0. The van der Waals surface area contributed by atoms with Crippen LogP contribution in [0.5, 0.6) is 11.5 Å². The van der Waals surface area contributed by atoms with Crippen molar-refractivity contribution in [3.8, 4) is 11.5 Å². The first-order valence-corrected chi connectivity index (χ1v) is 10.0. The maximum Gasteiger partial charge on any atom is 0.170 e. The Morgan fingerprint density at radius 2 is 1.86 bits per heavy atom. The summed E-state index contributed by atoms with van der Waals surface area (Å²) in [7, 11) is 1.63. The molecule has 3 rings (SSSR count). The van der Waals surface area contributed by atoms with Gasteiger partial charge in [-0.1, -0.05) is 24.3 Å². The third kappa shape index (κ3) is 5.92. The van der Waals surface area contributed by atoms with Crippen LogP contribution in [-0.4, -0.2) is 46.5 Å². The topological polar surface area (TPSA) is 48.7 Å². The fraction of sp³-hybridized carbons (Fsp3) is 0.455. The molecule has 1 aliphatic rings. The Balaban J connectivity index is 1.52. The molecular weight excluding hydrogens is 359 g/mol. The van der Waals surface area contributed by atoms with E-state index in [0.29, 0.717) is 17.1 Å². The maximum atomic E-state index is 13.9. The molecule has 1 saturated heterocycles. The fourth-order valence-corrected chi connectivity index (χ4v) is 3.48. The van der Waals surface area contributed by atoms with E-state index in [-0.39, 0.29) is 12.4 Å². The molecule has 0 aromatic heterocycles. The molecule has 152 valence electrons. The monoisotopic (exact) mass is 390 g/mol. The highest BCUT2D eigenvalue weighted by molar-refractivity contribution is 5.46. The maximum absolute atomic E-state index is 13.9. The molecule has 0 radical (unpaired) electrons. The lowest BCUT2D eigenvalue weighted by Gasteiger charge is -2.23. The van der Waals surface area contributed by atoms with Crippen LogP contribution < -0.4 is 19.7 Å². The largest absolute Gasteiger partial charge is 0.493 e. The number of rotatable bonds is 10. The summed E-state index contributed by atoms with van der Waals surface area (Å²) < 4.78 is 30.7. The van der Waals surface area contributed by atoms with E-state index in [1.165, 1.54) is 19.0 Å². The van der Waals surface area contributed by atoms with Crippen molar-refractivity contribution in [2.24, 2.45) is 0 Å². The quantitative estimate of drug-likeness (QED) is 0.590. The van der Waals surface area contributed by atoms with Crippen LogP contribution in [0.4, 0.5) is 4.39 Å². The second-order valence-electron chi connectivity index (χ2n) is 7.08. The van der Waals surface area contributed by atoms with Gasteiger partial charge in [0.2, 0.25) is 0 Å². The van der Waals surface area contributed by atoms with Crippen LogP contribution in [0.2, 0.25) is 0 Å². The van der Waals surface area contributed by atoms with Gasteiger partial charge in [0, 0.05) is 12.0 Å². The van der Waals surface area contributed by atoms with Crippen LogP contribution in [0.25, 0.3) is 0 Å². The average Bonchev–Trinajstić information content (AvgIpc) is 2.74. The summed E-state index contributed by atoms with van der Waals surface area (Å²) in [6, 6.07) is 12.6. The molecule has 0 spiro atoms. The Morgan fingerprint density at radius 1 is 1.07 bits per heavy atom. The molecule has 0 amide bonds. The van der Waals surface area contributed by atoms with Crippen LogP contribution in [0, 0.1) is 5.82 Å². The zero-order chi connectivity index (χ0) is 19.6. The first-order chi connectivity index (χ1) is 13.8. The van der Waals surface area contributed by atoms with Crippen molar-refractivity contribution in [3.05, 3.63) is 59.4 Å². The Kier molecular flexibility index (Phi) is 8.08. The van der Waals surface area contributed by atoms with Gasteiger partial charge in [0.15, 0.2) is 11.5 Å². The number of hydrogen-bond acceptors (Lipinski definition) is 3. The first-order valence-electron chi connectivity index (χ1n) is 10.0. The zero-order valence-electron chi connectivity index (χ0n) is 16.6. The van der Waals surface area contributed by atoms with Gasteiger partial charge in [0.1, 0.15) is 32.1 Å². The molecule has 1 aliphatic heterocycles. The van der Waals surface area contributed by atoms with Crippen molar-refractivity contribution < 1.29 is 28.8 Å². The summed E-state index contributed by atoms with van der Waals surface area (Å²) in [6.07, 6.45) is 1.17. The summed E-state index contributed by atoms with van der Waals surface area (Å²) in [6.45, 7) is 7.23. The molecule has 6 heteroatoms. The third-order valence-corrected chi connectivity index (χ3v) is 5.11. The van der Waals surface area contributed by atoms with Gasteiger partial charge >= 0.3 is 0 Å². The molecule has 3 N–H and O–H groups in total. The van der Waals surface area contributed by atoms with Crippen LogP contribution in [0.15, 0.2) is 42.5 Å². The zero-order valence-corrected chi connectivity index (χ0v) is 16.6. The number of halogens is 1. The molecule has 0 atom stereocenters. The Morgan fingerprint density at radius 3 is 2.64 bits per heavy atom. The second-order valence-corrected chi connectivity index (χ2v) is 7.08. The lowest BCUT2D eigenvalue weighted by atomic mass is 10.1. The molecule has 1 heterocycles. The van der Waals surface area contributed by atoms with Gasteiger partial charge in [-0.2, -0.15) is 0 Å². The summed E-state index contributed by atoms with van der Waals surface area (Å²) in [4.78, 5) is 1.63. The van der Waals surface area contributed by atoms with Crippen LogP contribution in [-0.2, 0) is 17.9 Å². The standard InChI is InChI=1S/C22H29FN2O3/c1-26-21-9-4-7-18(16-24-10-5-11-25-12-14-27-15-13-25)22(21)28-17-19-6-2-3-8-20(19)23/h2-4,6-9,24H,5,10-17H2,1H3/p+2. The molecule has 2 aromatic carbocycles. The van der Waals surface area contributed by atoms with E-state index in [2.05, 4.69) is 5.32 Å². The highest BCUT2D eigenvalue weighted by Crippen LogP contribution is 2.31. The van der Waals surface area contributed by atoms with E-state index >= 15 is 0 Å². The molecule has 0 bridgehead atoms. The number of ether oxygens (including phenoxy) is 3. The molecule has 5 nitrogen and oxygen atoms in total. The third-order valence-electron chi connectivity index (χ3n) is 5.11. The number of hydrogen-bond donors (Lipinski definition) is 2. The van der Waals surface area contributed by atoms with Crippen molar-refractivity contribution in [2.75, 3.05) is 46.5 Å². The minimum absolute atomic E-state index is 0.181. The van der Waals surface area contributed by atoms with Crippen molar-refractivity contribution in [1.82, 2.24) is 0 Å². The van der Waals surface area contributed by atoms with Crippen molar-refractivity contribution in [3.63, 3.8) is 0 Å². The Hall–Kier alpha value is -2.15. The molecule has 1 fully saturated rings. The van der Waals surface area contributed by atoms with E-state index in [9.17, 15) is 4.39 Å². The van der Waals surface area contributed by atoms with Gasteiger partial charge in [0.05, 0.1) is 39.0 Å². The van der Waals surface area contributed by atoms with E-state index in [4.69, 9.17) is 14.2 Å². The normalized spacial score (nSPS) is 14.8. The minimum atomic E-state index is -0.254. The van der Waals surface area contributed by atoms with E-state index in [1.54, 1.807) is 24.1 Å². The number of morpholine rings is 1. The smallest absolute Gasteiger partial charge is 0.170 e. The van der Waals surface area contributed by atoms with Crippen molar-refractivity contribution in [2.45, 2.75) is 19.6 Å². The van der Waals surface area contributed by atoms with Crippen LogP contribution in [0.1, 0.15) is 17.5 Å². The molecule has 2 aromatic rings. The highest BCUT2D eigenvalue weighted by Gasteiger charge is 2.15. The molecule has 0 unspecified atom stereocenters. The predicted molar refractivity (Wildman–Crippen MR) is 105 cm³/mol. The number of nitrogens with one attached hydrogen (secondary N) is 1. The summed E-state index contributed by atoms with van der Waals surface area (Å²) in [5.74, 6) is 1.12. The number of quaternary nitrogens is 2. The van der Waals surface area contributed by atoms with Gasteiger partial charge in [-0.3, -0.25) is 0 Å². The summed E-state index contributed by atoms with van der Waals surface area (Å²) in [5, 5.41) is 2.30. The van der Waals surface area contributed by atoms with Crippen molar-refractivity contribution >= 4 is 0 Å². The number of benzene rings is 2. The van der Waals surface area contributed by atoms with E-state index in [0.717, 1.165) is 45.0 Å². The minimum Gasteiger partial charge on any atom is -0.493 e. The van der Waals surface area contributed by atoms with Crippen LogP contribution >= 0.6 is 0 Å². The van der Waals surface area contributed by atoms with E-state index in [1.807, 2.05) is 24.3 Å². The van der Waals surface area contributed by atoms with Gasteiger partial charge in [-0.25, -0.2) is 4.39 Å². The van der Waals surface area contributed by atoms with Gasteiger partial charge in [-0.05, 0) is 18.2 Å². The molecule has 0 aliphatic carbocycles. The van der Waals surface area contributed by atoms with Crippen molar-refractivity contribution in [1.29, 1.82) is 0 Å². The lowest BCUT2D eigenvalue weighted by molar-refractivity contribution is -0.909. The summed E-state index contributed by atoms with van der Waals surface area (Å²) >= 11 is 0. The predicted octanol–water partition coefficient (Wildman–Crippen LogP) is 0.782. The Bertz CT molecular complexity index is 735. The fourth-order valence-electron chi connectivity index (χ4n) is 3.48. The lowest BCUT2D eigenvalue weighted by Crippen LogP contribution is -3.14. The molecule has 0 saturated carbocycles.